The first-order chi connectivity index (χ1) is 10.6. The van der Waals surface area contributed by atoms with Gasteiger partial charge in [-0.15, -0.1) is 11.3 Å². The molecule has 0 saturated heterocycles. The smallest absolute Gasteiger partial charge is 0.260 e. The average molecular weight is 333 g/mol. The maximum absolute atomic E-state index is 11.9. The van der Waals surface area contributed by atoms with E-state index in [9.17, 15) is 4.79 Å². The van der Waals surface area contributed by atoms with Crippen LogP contribution in [0.5, 0.6) is 0 Å². The highest BCUT2D eigenvalue weighted by Crippen LogP contribution is 2.24. The fraction of sp³-hybridized carbons (Fsp3) is 0.125. The molecule has 3 rings (SSSR count). The highest BCUT2D eigenvalue weighted by Gasteiger charge is 2.10. The van der Waals surface area contributed by atoms with Crippen LogP contribution in [0.4, 0.5) is 5.13 Å². The molecule has 22 heavy (non-hydrogen) atoms. The van der Waals surface area contributed by atoms with Crippen LogP contribution in [0.1, 0.15) is 26.4 Å². The Kier molecular flexibility index (Phi) is 4.27. The summed E-state index contributed by atoms with van der Waals surface area (Å²) < 4.78 is 4.89. The van der Waals surface area contributed by atoms with Gasteiger partial charge in [0, 0.05) is 22.5 Å². The van der Waals surface area contributed by atoms with Gasteiger partial charge in [-0.05, 0) is 30.2 Å². The molecule has 2 heterocycles. The Balaban J connectivity index is 1.68. The van der Waals surface area contributed by atoms with Gasteiger partial charge in [0.1, 0.15) is 6.26 Å². The minimum absolute atomic E-state index is 0.229. The van der Waals surface area contributed by atoms with E-state index < -0.39 is 0 Å². The van der Waals surface area contributed by atoms with E-state index in [1.54, 1.807) is 12.3 Å². The number of rotatable bonds is 4. The first kappa shape index (κ1) is 14.8. The van der Waals surface area contributed by atoms with E-state index in [2.05, 4.69) is 10.3 Å². The van der Waals surface area contributed by atoms with E-state index in [0.717, 1.165) is 27.4 Å². The van der Waals surface area contributed by atoms with Gasteiger partial charge in [-0.1, -0.05) is 23.7 Å². The molecule has 0 radical (unpaired) electrons. The van der Waals surface area contributed by atoms with Crippen molar-refractivity contribution in [2.24, 2.45) is 0 Å². The van der Waals surface area contributed by atoms with Gasteiger partial charge in [0.2, 0.25) is 0 Å². The molecule has 6 heteroatoms. The van der Waals surface area contributed by atoms with Crippen molar-refractivity contribution in [1.82, 2.24) is 4.98 Å². The molecule has 1 amide bonds. The number of halogens is 1. The molecule has 4 nitrogen and oxygen atoms in total. The van der Waals surface area contributed by atoms with Crippen LogP contribution in [0.2, 0.25) is 5.02 Å². The van der Waals surface area contributed by atoms with Crippen LogP contribution in [0.25, 0.3) is 0 Å². The number of hydrogen-bond acceptors (Lipinski definition) is 4. The second-order valence-corrected chi connectivity index (χ2v) is 6.38. The molecule has 0 aliphatic rings. The predicted molar refractivity (Wildman–Crippen MR) is 87.8 cm³/mol. The molecule has 0 fully saturated rings. The van der Waals surface area contributed by atoms with Crippen LogP contribution in [0, 0.1) is 6.92 Å². The molecule has 0 spiro atoms. The Morgan fingerprint density at radius 2 is 2.27 bits per heavy atom. The van der Waals surface area contributed by atoms with Crippen LogP contribution < -0.4 is 5.32 Å². The summed E-state index contributed by atoms with van der Waals surface area (Å²) in [4.78, 5) is 17.2. The minimum Gasteiger partial charge on any atom is -0.472 e. The second kappa shape index (κ2) is 6.34. The van der Waals surface area contributed by atoms with Crippen LogP contribution in [-0.4, -0.2) is 10.9 Å². The van der Waals surface area contributed by atoms with E-state index in [4.69, 9.17) is 16.0 Å². The summed E-state index contributed by atoms with van der Waals surface area (Å²) in [5.41, 5.74) is 2.65. The van der Waals surface area contributed by atoms with Crippen molar-refractivity contribution in [3.05, 3.63) is 69.6 Å². The maximum atomic E-state index is 11.9. The highest BCUT2D eigenvalue weighted by atomic mass is 35.5. The molecule has 0 saturated carbocycles. The molecule has 2 aromatic heterocycles. The lowest BCUT2D eigenvalue weighted by Crippen LogP contribution is -2.10. The molecule has 112 valence electrons. The fourth-order valence-electron chi connectivity index (χ4n) is 1.96. The topological polar surface area (TPSA) is 55.1 Å². The second-order valence-electron chi connectivity index (χ2n) is 4.86. The number of thiazole rings is 1. The van der Waals surface area contributed by atoms with Gasteiger partial charge in [0.15, 0.2) is 5.13 Å². The van der Waals surface area contributed by atoms with Crippen LogP contribution in [0.3, 0.4) is 0 Å². The SMILES string of the molecule is Cc1ccc(Cc2cnc(NC(=O)c3ccoc3)s2)cc1Cl. The van der Waals surface area contributed by atoms with Crippen molar-refractivity contribution in [2.45, 2.75) is 13.3 Å². The number of benzene rings is 1. The third-order valence-electron chi connectivity index (χ3n) is 3.17. The quantitative estimate of drug-likeness (QED) is 0.763. The van der Waals surface area contributed by atoms with Gasteiger partial charge in [0.25, 0.3) is 5.91 Å². The predicted octanol–water partition coefficient (Wildman–Crippen LogP) is 4.54. The standard InChI is InChI=1S/C16H13ClN2O2S/c1-10-2-3-11(7-14(10)17)6-13-8-18-16(22-13)19-15(20)12-4-5-21-9-12/h2-5,7-9H,6H2,1H3,(H,18,19,20). The third-order valence-corrected chi connectivity index (χ3v) is 4.49. The fourth-order valence-corrected chi connectivity index (χ4v) is 3.00. The van der Waals surface area contributed by atoms with Crippen molar-refractivity contribution in [3.8, 4) is 0 Å². The molecule has 0 unspecified atom stereocenters. The molecular formula is C16H13ClN2O2S. The molecule has 0 aliphatic carbocycles. The Morgan fingerprint density at radius 1 is 1.41 bits per heavy atom. The van der Waals surface area contributed by atoms with E-state index in [0.29, 0.717) is 10.7 Å². The molecule has 1 N–H and O–H groups in total. The first-order valence-electron chi connectivity index (χ1n) is 6.65. The van der Waals surface area contributed by atoms with Crippen molar-refractivity contribution < 1.29 is 9.21 Å². The number of anilines is 1. The number of hydrogen-bond donors (Lipinski definition) is 1. The van der Waals surface area contributed by atoms with Gasteiger partial charge in [0.05, 0.1) is 11.8 Å². The van der Waals surface area contributed by atoms with Gasteiger partial charge in [-0.2, -0.15) is 0 Å². The van der Waals surface area contributed by atoms with Crippen LogP contribution in [-0.2, 0) is 6.42 Å². The average Bonchev–Trinajstić information content (AvgIpc) is 3.15. The number of nitrogens with one attached hydrogen (secondary N) is 1. The van der Waals surface area contributed by atoms with Gasteiger partial charge in [-0.3, -0.25) is 10.1 Å². The minimum atomic E-state index is -0.229. The van der Waals surface area contributed by atoms with E-state index >= 15 is 0 Å². The largest absolute Gasteiger partial charge is 0.472 e. The lowest BCUT2D eigenvalue weighted by atomic mass is 10.1. The zero-order chi connectivity index (χ0) is 15.5. The number of carbonyl (C=O) groups is 1. The Labute approximate surface area is 136 Å². The zero-order valence-electron chi connectivity index (χ0n) is 11.8. The summed E-state index contributed by atoms with van der Waals surface area (Å²) in [7, 11) is 0. The van der Waals surface area contributed by atoms with Gasteiger partial charge < -0.3 is 4.42 Å². The lowest BCUT2D eigenvalue weighted by Gasteiger charge is -2.02. The maximum Gasteiger partial charge on any atom is 0.260 e. The van der Waals surface area contributed by atoms with Crippen LogP contribution in [0.15, 0.2) is 47.4 Å². The van der Waals surface area contributed by atoms with Gasteiger partial charge in [-0.25, -0.2) is 4.98 Å². The number of aryl methyl sites for hydroxylation is 1. The third kappa shape index (κ3) is 3.37. The molecular weight excluding hydrogens is 320 g/mol. The normalized spacial score (nSPS) is 10.6. The summed E-state index contributed by atoms with van der Waals surface area (Å²) >= 11 is 7.58. The number of furan rings is 1. The van der Waals surface area contributed by atoms with Gasteiger partial charge >= 0.3 is 0 Å². The summed E-state index contributed by atoms with van der Waals surface area (Å²) in [5, 5.41) is 4.08. The Bertz CT molecular complexity index is 796. The Hall–Kier alpha value is -2.11. The van der Waals surface area contributed by atoms with E-state index in [-0.39, 0.29) is 5.91 Å². The lowest BCUT2D eigenvalue weighted by molar-refractivity contribution is 0.102. The highest BCUT2D eigenvalue weighted by molar-refractivity contribution is 7.15. The molecule has 3 aromatic rings. The van der Waals surface area contributed by atoms with Crippen LogP contribution >= 0.6 is 22.9 Å². The summed E-state index contributed by atoms with van der Waals surface area (Å²) in [6.45, 7) is 1.97. The number of carbonyl (C=O) groups excluding carboxylic acids is 1. The Morgan fingerprint density at radius 3 is 3.00 bits per heavy atom. The zero-order valence-corrected chi connectivity index (χ0v) is 13.4. The molecule has 1 aromatic carbocycles. The number of aromatic nitrogens is 1. The monoisotopic (exact) mass is 332 g/mol. The van der Waals surface area contributed by atoms with E-state index in [1.807, 2.05) is 25.1 Å². The molecule has 0 atom stereocenters. The first-order valence-corrected chi connectivity index (χ1v) is 7.84. The summed E-state index contributed by atoms with van der Waals surface area (Å²) in [6.07, 6.45) is 5.37. The van der Waals surface area contributed by atoms with Crippen molar-refractivity contribution >= 4 is 34.0 Å². The number of nitrogens with zero attached hydrogens (tertiary/aromatic N) is 1. The van der Waals surface area contributed by atoms with Crippen molar-refractivity contribution in [2.75, 3.05) is 5.32 Å². The van der Waals surface area contributed by atoms with Crippen molar-refractivity contribution in [1.29, 1.82) is 0 Å². The number of amides is 1. The summed E-state index contributed by atoms with van der Waals surface area (Å²) in [5.74, 6) is -0.229. The van der Waals surface area contributed by atoms with Crippen molar-refractivity contribution in [3.63, 3.8) is 0 Å². The molecule has 0 bridgehead atoms. The summed E-state index contributed by atoms with van der Waals surface area (Å²) in [6, 6.07) is 7.61. The van der Waals surface area contributed by atoms with E-state index in [1.165, 1.54) is 23.9 Å². The molecule has 0 aliphatic heterocycles.